The predicted molar refractivity (Wildman–Crippen MR) is 80.2 cm³/mol. The molecule has 0 bridgehead atoms. The summed E-state index contributed by atoms with van der Waals surface area (Å²) in [4.78, 5) is 14.5. The summed E-state index contributed by atoms with van der Waals surface area (Å²) < 4.78 is 22.3. The van der Waals surface area contributed by atoms with Gasteiger partial charge in [-0.25, -0.2) is 13.6 Å². The van der Waals surface area contributed by atoms with Gasteiger partial charge in [-0.2, -0.15) is 0 Å². The molecule has 0 saturated heterocycles. The molecule has 0 spiro atoms. The van der Waals surface area contributed by atoms with E-state index in [0.29, 0.717) is 12.5 Å². The fourth-order valence-corrected chi connectivity index (χ4v) is 3.48. The van der Waals surface area contributed by atoms with Gasteiger partial charge in [-0.05, 0) is 30.7 Å². The van der Waals surface area contributed by atoms with E-state index in [1.807, 2.05) is 0 Å². The zero-order valence-electron chi connectivity index (χ0n) is 12.3. The van der Waals surface area contributed by atoms with Gasteiger partial charge in [0.1, 0.15) is 5.69 Å². The largest absolute Gasteiger partial charge is 0.356 e. The van der Waals surface area contributed by atoms with Crippen LogP contribution in [0.1, 0.15) is 49.5 Å². The van der Waals surface area contributed by atoms with Crippen LogP contribution in [0.2, 0.25) is 0 Å². The van der Waals surface area contributed by atoms with Gasteiger partial charge < -0.3 is 10.3 Å². The average molecular weight is 313 g/mol. The Labute approximate surface area is 125 Å². The Morgan fingerprint density at radius 3 is 2.86 bits per heavy atom. The Hall–Kier alpha value is -1.34. The molecular weight excluding hydrogens is 290 g/mol. The van der Waals surface area contributed by atoms with Gasteiger partial charge in [-0.1, -0.05) is 26.2 Å². The number of carbonyl (C=O) groups excluding carboxylic acids is 1. The fourth-order valence-electron chi connectivity index (χ4n) is 2.98. The minimum Gasteiger partial charge on any atom is -0.356 e. The normalized spacial score (nSPS) is 23.0. The molecule has 1 fully saturated rings. The van der Waals surface area contributed by atoms with Crippen molar-refractivity contribution in [2.24, 2.45) is 17.0 Å². The van der Waals surface area contributed by atoms with E-state index >= 15 is 0 Å². The number of amides is 1. The summed E-state index contributed by atoms with van der Waals surface area (Å²) in [7, 11) is -3.77. The van der Waals surface area contributed by atoms with E-state index in [9.17, 15) is 13.2 Å². The molecule has 1 aromatic rings. The number of hydrogen-bond donors (Lipinski definition) is 3. The molecule has 1 saturated carbocycles. The van der Waals surface area contributed by atoms with E-state index in [1.54, 1.807) is 0 Å². The van der Waals surface area contributed by atoms with Crippen LogP contribution in [0.25, 0.3) is 0 Å². The Morgan fingerprint density at radius 2 is 2.24 bits per heavy atom. The number of primary sulfonamides is 1. The third kappa shape index (κ3) is 4.57. The monoisotopic (exact) mass is 313 g/mol. The summed E-state index contributed by atoms with van der Waals surface area (Å²) in [6.45, 7) is 2.89. The molecule has 1 heterocycles. The van der Waals surface area contributed by atoms with E-state index in [4.69, 9.17) is 5.14 Å². The first-order valence-corrected chi connectivity index (χ1v) is 8.90. The Balaban J connectivity index is 1.81. The third-order valence-electron chi connectivity index (χ3n) is 4.11. The molecule has 4 N–H and O–H groups in total. The zero-order chi connectivity index (χ0) is 15.5. The van der Waals surface area contributed by atoms with Gasteiger partial charge in [0, 0.05) is 12.7 Å². The van der Waals surface area contributed by atoms with E-state index < -0.39 is 10.0 Å². The highest BCUT2D eigenvalue weighted by Gasteiger charge is 2.19. The van der Waals surface area contributed by atoms with E-state index in [0.717, 1.165) is 12.3 Å². The summed E-state index contributed by atoms with van der Waals surface area (Å²) >= 11 is 0. The minimum absolute atomic E-state index is 0.0752. The lowest BCUT2D eigenvalue weighted by atomic mass is 9.81. The van der Waals surface area contributed by atoms with Gasteiger partial charge in [0.15, 0.2) is 0 Å². The number of sulfonamides is 1. The maximum Gasteiger partial charge on any atom is 0.267 e. The van der Waals surface area contributed by atoms with Gasteiger partial charge in [-0.15, -0.1) is 0 Å². The number of carbonyl (C=O) groups is 1. The molecule has 7 heteroatoms. The molecule has 1 aromatic heterocycles. The Morgan fingerprint density at radius 1 is 1.48 bits per heavy atom. The van der Waals surface area contributed by atoms with Crippen molar-refractivity contribution in [1.29, 1.82) is 0 Å². The highest BCUT2D eigenvalue weighted by molar-refractivity contribution is 7.89. The topological polar surface area (TPSA) is 105 Å². The quantitative estimate of drug-likeness (QED) is 0.769. The highest BCUT2D eigenvalue weighted by Crippen LogP contribution is 2.30. The van der Waals surface area contributed by atoms with Gasteiger partial charge in [0.05, 0.1) is 4.90 Å². The van der Waals surface area contributed by atoms with Crippen molar-refractivity contribution in [3.05, 3.63) is 18.0 Å². The van der Waals surface area contributed by atoms with Crippen molar-refractivity contribution in [2.75, 3.05) is 6.54 Å². The second-order valence-corrected chi connectivity index (χ2v) is 7.54. The van der Waals surface area contributed by atoms with Crippen LogP contribution in [0, 0.1) is 11.8 Å². The molecule has 6 nitrogen and oxygen atoms in total. The SMILES string of the molecule is CC1CCCC(CCNC(=O)c2cc(S(N)(=O)=O)c[nH]2)C1. The number of H-pyrrole nitrogens is 1. The van der Waals surface area contributed by atoms with Crippen molar-refractivity contribution in [2.45, 2.75) is 43.9 Å². The number of aromatic nitrogens is 1. The lowest BCUT2D eigenvalue weighted by Crippen LogP contribution is -2.27. The van der Waals surface area contributed by atoms with E-state index in [1.165, 1.54) is 37.9 Å². The molecule has 0 aliphatic heterocycles. The Bertz CT molecular complexity index is 594. The number of aromatic amines is 1. The molecule has 2 unspecified atom stereocenters. The molecule has 21 heavy (non-hydrogen) atoms. The van der Waals surface area contributed by atoms with Crippen molar-refractivity contribution < 1.29 is 13.2 Å². The fraction of sp³-hybridized carbons (Fsp3) is 0.643. The van der Waals surface area contributed by atoms with Crippen LogP contribution in [0.3, 0.4) is 0 Å². The highest BCUT2D eigenvalue weighted by atomic mass is 32.2. The maximum absolute atomic E-state index is 11.9. The second-order valence-electron chi connectivity index (χ2n) is 5.98. The molecule has 1 aliphatic carbocycles. The summed E-state index contributed by atoms with van der Waals surface area (Å²) in [5.41, 5.74) is 0.219. The summed E-state index contributed by atoms with van der Waals surface area (Å²) in [5, 5.41) is 7.82. The number of rotatable bonds is 5. The average Bonchev–Trinajstić information content (AvgIpc) is 2.88. The molecule has 2 atom stereocenters. The molecule has 0 radical (unpaired) electrons. The van der Waals surface area contributed by atoms with Crippen LogP contribution in [0.4, 0.5) is 0 Å². The first kappa shape index (κ1) is 16.0. The number of hydrogen-bond acceptors (Lipinski definition) is 3. The number of nitrogens with two attached hydrogens (primary N) is 1. The van der Waals surface area contributed by atoms with Crippen LogP contribution in [0.15, 0.2) is 17.2 Å². The predicted octanol–water partition coefficient (Wildman–Crippen LogP) is 1.61. The first-order chi connectivity index (χ1) is 9.86. The second kappa shape index (κ2) is 6.62. The summed E-state index contributed by atoms with van der Waals surface area (Å²) in [6.07, 6.45) is 7.24. The molecule has 1 amide bonds. The lowest BCUT2D eigenvalue weighted by molar-refractivity contribution is 0.0945. The molecular formula is C14H23N3O3S. The van der Waals surface area contributed by atoms with E-state index in [-0.39, 0.29) is 16.5 Å². The van der Waals surface area contributed by atoms with Gasteiger partial charge in [-0.3, -0.25) is 4.79 Å². The minimum atomic E-state index is -3.77. The van der Waals surface area contributed by atoms with Crippen molar-refractivity contribution in [3.63, 3.8) is 0 Å². The van der Waals surface area contributed by atoms with Gasteiger partial charge >= 0.3 is 0 Å². The van der Waals surface area contributed by atoms with Crippen LogP contribution in [0.5, 0.6) is 0 Å². The van der Waals surface area contributed by atoms with Crippen LogP contribution in [-0.4, -0.2) is 25.9 Å². The van der Waals surface area contributed by atoms with Crippen LogP contribution < -0.4 is 10.5 Å². The summed E-state index contributed by atoms with van der Waals surface area (Å²) in [6, 6.07) is 1.26. The van der Waals surface area contributed by atoms with Crippen LogP contribution in [-0.2, 0) is 10.0 Å². The van der Waals surface area contributed by atoms with Gasteiger partial charge in [0.2, 0.25) is 10.0 Å². The van der Waals surface area contributed by atoms with Crippen molar-refractivity contribution >= 4 is 15.9 Å². The standard InChI is InChI=1S/C14H23N3O3S/c1-10-3-2-4-11(7-10)5-6-16-14(18)13-8-12(9-17-13)21(15,19)20/h8-11,17H,2-7H2,1H3,(H,16,18)(H2,15,19,20). The van der Waals surface area contributed by atoms with E-state index in [2.05, 4.69) is 17.2 Å². The van der Waals surface area contributed by atoms with Crippen molar-refractivity contribution in [1.82, 2.24) is 10.3 Å². The number of nitrogens with one attached hydrogen (secondary N) is 2. The lowest BCUT2D eigenvalue weighted by Gasteiger charge is -2.26. The zero-order valence-corrected chi connectivity index (χ0v) is 13.1. The molecule has 1 aliphatic rings. The third-order valence-corrected chi connectivity index (χ3v) is 5.01. The summed E-state index contributed by atoms with van der Waals surface area (Å²) in [5.74, 6) is 1.16. The first-order valence-electron chi connectivity index (χ1n) is 7.35. The maximum atomic E-state index is 11.9. The van der Waals surface area contributed by atoms with Gasteiger partial charge in [0.25, 0.3) is 5.91 Å². The molecule has 118 valence electrons. The smallest absolute Gasteiger partial charge is 0.267 e. The van der Waals surface area contributed by atoms with Crippen LogP contribution >= 0.6 is 0 Å². The molecule has 2 rings (SSSR count). The Kier molecular flexibility index (Phi) is 5.05. The molecule has 0 aromatic carbocycles. The van der Waals surface area contributed by atoms with Crippen molar-refractivity contribution in [3.8, 4) is 0 Å².